The van der Waals surface area contributed by atoms with Crippen molar-refractivity contribution in [2.24, 2.45) is 5.41 Å². The van der Waals surface area contributed by atoms with Crippen LogP contribution in [-0.4, -0.2) is 25.8 Å². The van der Waals surface area contributed by atoms with Gasteiger partial charge in [-0.3, -0.25) is 0 Å². The van der Waals surface area contributed by atoms with Crippen LogP contribution in [0, 0.1) is 5.41 Å². The van der Waals surface area contributed by atoms with Crippen molar-refractivity contribution in [2.45, 2.75) is 66.0 Å². The minimum Gasteiger partial charge on any atom is -0.382 e. The van der Waals surface area contributed by atoms with Crippen LogP contribution < -0.4 is 5.32 Å². The molecule has 0 aromatic heterocycles. The third-order valence-electron chi connectivity index (χ3n) is 3.51. The lowest BCUT2D eigenvalue weighted by atomic mass is 9.77. The topological polar surface area (TPSA) is 21.3 Å². The van der Waals surface area contributed by atoms with Gasteiger partial charge in [-0.2, -0.15) is 0 Å². The van der Waals surface area contributed by atoms with Crippen molar-refractivity contribution in [3.05, 3.63) is 0 Å². The first-order valence-corrected chi connectivity index (χ1v) is 6.25. The summed E-state index contributed by atoms with van der Waals surface area (Å²) in [6, 6.07) is 0.570. The molecule has 2 heteroatoms. The third kappa shape index (κ3) is 5.53. The first-order chi connectivity index (χ1) is 6.99. The maximum absolute atomic E-state index is 5.39. The summed E-state index contributed by atoms with van der Waals surface area (Å²) in [4.78, 5) is 0. The predicted octanol–water partition coefficient (Wildman–Crippen LogP) is 3.22. The van der Waals surface area contributed by atoms with Crippen molar-refractivity contribution < 1.29 is 4.74 Å². The second-order valence-electron chi connectivity index (χ2n) is 4.99. The molecule has 1 unspecified atom stereocenters. The fourth-order valence-electron chi connectivity index (χ4n) is 1.97. The lowest BCUT2D eigenvalue weighted by molar-refractivity contribution is 0.0582. The quantitative estimate of drug-likeness (QED) is 0.671. The maximum Gasteiger partial charge on any atom is 0.0549 e. The summed E-state index contributed by atoms with van der Waals surface area (Å²) in [5.74, 6) is 0. The Labute approximate surface area is 95.8 Å². The zero-order valence-corrected chi connectivity index (χ0v) is 11.4. The number of hydrogen-bond acceptors (Lipinski definition) is 2. The van der Waals surface area contributed by atoms with Crippen molar-refractivity contribution in [3.8, 4) is 0 Å². The van der Waals surface area contributed by atoms with Crippen LogP contribution in [-0.2, 0) is 4.74 Å². The van der Waals surface area contributed by atoms with Gasteiger partial charge in [0.25, 0.3) is 0 Å². The summed E-state index contributed by atoms with van der Waals surface area (Å²) in [6.07, 6.45) is 3.95. The highest BCUT2D eigenvalue weighted by Crippen LogP contribution is 2.32. The first kappa shape index (κ1) is 14.9. The van der Waals surface area contributed by atoms with Crippen molar-refractivity contribution in [3.63, 3.8) is 0 Å². The van der Waals surface area contributed by atoms with Gasteiger partial charge in [0, 0.05) is 19.7 Å². The first-order valence-electron chi connectivity index (χ1n) is 6.25. The highest BCUT2D eigenvalue weighted by atomic mass is 16.5. The number of hydrogen-bond donors (Lipinski definition) is 1. The molecule has 92 valence electrons. The minimum absolute atomic E-state index is 0.360. The lowest BCUT2D eigenvalue weighted by Gasteiger charge is -2.35. The molecule has 15 heavy (non-hydrogen) atoms. The average Bonchev–Trinajstić information content (AvgIpc) is 2.24. The molecule has 0 aliphatic heterocycles. The molecule has 0 aromatic carbocycles. The van der Waals surface area contributed by atoms with Gasteiger partial charge >= 0.3 is 0 Å². The standard InChI is InChI=1S/C13H29NO/c1-7-13(8-2,9-12(5)15-6)10-14-11(3)4/h11-12,14H,7-10H2,1-6H3. The molecular formula is C13H29NO. The van der Waals surface area contributed by atoms with Crippen LogP contribution in [0.2, 0.25) is 0 Å². The monoisotopic (exact) mass is 215 g/mol. The van der Waals surface area contributed by atoms with Crippen molar-refractivity contribution in [1.29, 1.82) is 0 Å². The summed E-state index contributed by atoms with van der Waals surface area (Å²) in [5.41, 5.74) is 0.402. The predicted molar refractivity (Wildman–Crippen MR) is 67.2 cm³/mol. The second kappa shape index (κ2) is 7.24. The minimum atomic E-state index is 0.360. The van der Waals surface area contributed by atoms with E-state index in [0.29, 0.717) is 17.6 Å². The Hall–Kier alpha value is -0.0800. The molecule has 0 aliphatic rings. The Kier molecular flexibility index (Phi) is 7.20. The third-order valence-corrected chi connectivity index (χ3v) is 3.51. The van der Waals surface area contributed by atoms with Crippen molar-refractivity contribution in [1.82, 2.24) is 5.32 Å². The van der Waals surface area contributed by atoms with E-state index in [2.05, 4.69) is 39.9 Å². The van der Waals surface area contributed by atoms with Crippen LogP contribution in [0.25, 0.3) is 0 Å². The normalized spacial score (nSPS) is 14.6. The summed E-state index contributed by atoms with van der Waals surface area (Å²) >= 11 is 0. The van der Waals surface area contributed by atoms with E-state index in [-0.39, 0.29) is 0 Å². The summed E-state index contributed by atoms with van der Waals surface area (Å²) in [6.45, 7) is 12.2. The molecule has 1 atom stereocenters. The van der Waals surface area contributed by atoms with Crippen LogP contribution in [0.1, 0.15) is 53.9 Å². The number of nitrogens with one attached hydrogen (secondary N) is 1. The van der Waals surface area contributed by atoms with Crippen LogP contribution >= 0.6 is 0 Å². The molecule has 0 bridgehead atoms. The summed E-state index contributed by atoms with van der Waals surface area (Å²) < 4.78 is 5.39. The van der Waals surface area contributed by atoms with E-state index in [1.165, 1.54) is 12.8 Å². The highest BCUT2D eigenvalue weighted by molar-refractivity contribution is 4.82. The molecule has 0 spiro atoms. The van der Waals surface area contributed by atoms with Crippen LogP contribution in [0.5, 0.6) is 0 Å². The molecule has 0 heterocycles. The Bertz CT molecular complexity index is 153. The molecule has 0 aliphatic carbocycles. The zero-order valence-electron chi connectivity index (χ0n) is 11.4. The van der Waals surface area contributed by atoms with Gasteiger partial charge in [-0.15, -0.1) is 0 Å². The maximum atomic E-state index is 5.39. The molecule has 0 rings (SSSR count). The molecule has 0 aromatic rings. The molecule has 0 fully saturated rings. The summed E-state index contributed by atoms with van der Waals surface area (Å²) in [7, 11) is 1.80. The molecule has 0 amide bonds. The fraction of sp³-hybridized carbons (Fsp3) is 1.00. The van der Waals surface area contributed by atoms with Crippen molar-refractivity contribution in [2.75, 3.05) is 13.7 Å². The van der Waals surface area contributed by atoms with Gasteiger partial charge in [0.1, 0.15) is 0 Å². The molecule has 0 saturated heterocycles. The Morgan fingerprint density at radius 2 is 1.67 bits per heavy atom. The Balaban J connectivity index is 4.29. The molecule has 1 N–H and O–H groups in total. The van der Waals surface area contributed by atoms with Gasteiger partial charge in [0.2, 0.25) is 0 Å². The summed E-state index contributed by atoms with van der Waals surface area (Å²) in [5, 5.41) is 3.56. The van der Waals surface area contributed by atoms with Crippen LogP contribution in [0.4, 0.5) is 0 Å². The van der Waals surface area contributed by atoms with Gasteiger partial charge in [-0.1, -0.05) is 27.7 Å². The van der Waals surface area contributed by atoms with E-state index in [9.17, 15) is 0 Å². The Morgan fingerprint density at radius 3 is 2.00 bits per heavy atom. The van der Waals surface area contributed by atoms with Crippen molar-refractivity contribution >= 4 is 0 Å². The van der Waals surface area contributed by atoms with Gasteiger partial charge in [0.15, 0.2) is 0 Å². The van der Waals surface area contributed by atoms with E-state index < -0.39 is 0 Å². The van der Waals surface area contributed by atoms with Crippen LogP contribution in [0.15, 0.2) is 0 Å². The van der Waals surface area contributed by atoms with E-state index in [1.54, 1.807) is 7.11 Å². The van der Waals surface area contributed by atoms with Crippen LogP contribution in [0.3, 0.4) is 0 Å². The van der Waals surface area contributed by atoms with Gasteiger partial charge in [-0.25, -0.2) is 0 Å². The number of ether oxygens (including phenoxy) is 1. The van der Waals surface area contributed by atoms with E-state index in [1.807, 2.05) is 0 Å². The zero-order chi connectivity index (χ0) is 11.9. The molecule has 0 radical (unpaired) electrons. The van der Waals surface area contributed by atoms with Gasteiger partial charge < -0.3 is 10.1 Å². The average molecular weight is 215 g/mol. The van der Waals surface area contributed by atoms with Gasteiger partial charge in [0.05, 0.1) is 6.10 Å². The highest BCUT2D eigenvalue weighted by Gasteiger charge is 2.28. The lowest BCUT2D eigenvalue weighted by Crippen LogP contribution is -2.39. The van der Waals surface area contributed by atoms with E-state index >= 15 is 0 Å². The van der Waals surface area contributed by atoms with Gasteiger partial charge in [-0.05, 0) is 31.6 Å². The smallest absolute Gasteiger partial charge is 0.0549 e. The SMILES string of the molecule is CCC(CC)(CNC(C)C)CC(C)OC. The second-order valence-corrected chi connectivity index (χ2v) is 4.99. The number of methoxy groups -OCH3 is 1. The Morgan fingerprint density at radius 1 is 1.13 bits per heavy atom. The molecule has 2 nitrogen and oxygen atoms in total. The number of rotatable bonds is 8. The van der Waals surface area contributed by atoms with E-state index in [4.69, 9.17) is 4.74 Å². The molecule has 0 saturated carbocycles. The van der Waals surface area contributed by atoms with E-state index in [0.717, 1.165) is 13.0 Å². The molecular weight excluding hydrogens is 186 g/mol. The fourth-order valence-corrected chi connectivity index (χ4v) is 1.97. The largest absolute Gasteiger partial charge is 0.382 e.